The predicted octanol–water partition coefficient (Wildman–Crippen LogP) is 3.15. The van der Waals surface area contributed by atoms with E-state index in [0.717, 1.165) is 17.0 Å². The largest absolute Gasteiger partial charge is 0.477 e. The van der Waals surface area contributed by atoms with Crippen LogP contribution >= 0.6 is 11.3 Å². The first-order chi connectivity index (χ1) is 11.6. The van der Waals surface area contributed by atoms with Crippen molar-refractivity contribution in [3.63, 3.8) is 0 Å². The van der Waals surface area contributed by atoms with Crippen molar-refractivity contribution in [2.75, 3.05) is 0 Å². The maximum absolute atomic E-state index is 12.7. The topological polar surface area (TPSA) is 97.1 Å². The Bertz CT molecular complexity index is 801. The lowest BCUT2D eigenvalue weighted by atomic mass is 10.1. The minimum atomic E-state index is -1.00. The fourth-order valence-electron chi connectivity index (χ4n) is 2.62. The summed E-state index contributed by atoms with van der Waals surface area (Å²) in [4.78, 5) is 28.3. The van der Waals surface area contributed by atoms with Crippen molar-refractivity contribution in [3.05, 3.63) is 33.0 Å². The monoisotopic (exact) mass is 364 g/mol. The number of carbonyl (C=O) groups excluding carboxylic acids is 1. The molecule has 0 saturated heterocycles. The minimum absolute atomic E-state index is 0.200. The first kappa shape index (κ1) is 19.1. The van der Waals surface area contributed by atoms with E-state index >= 15 is 0 Å². The van der Waals surface area contributed by atoms with Gasteiger partial charge in [0.2, 0.25) is 0 Å². The zero-order chi connectivity index (χ0) is 18.9. The molecule has 0 radical (unpaired) electrons. The third kappa shape index (κ3) is 3.89. The van der Waals surface area contributed by atoms with Gasteiger partial charge in [-0.25, -0.2) is 9.78 Å². The number of aromatic nitrogens is 3. The van der Waals surface area contributed by atoms with E-state index in [1.165, 1.54) is 0 Å². The van der Waals surface area contributed by atoms with Crippen molar-refractivity contribution in [3.8, 4) is 0 Å². The van der Waals surface area contributed by atoms with Crippen LogP contribution in [0.3, 0.4) is 0 Å². The number of nitrogens with one attached hydrogen (secondary N) is 1. The number of aryl methyl sites for hydroxylation is 1. The average molecular weight is 364 g/mol. The normalized spacial score (nSPS) is 12.9. The molecule has 1 unspecified atom stereocenters. The summed E-state index contributed by atoms with van der Waals surface area (Å²) in [5, 5.41) is 17.0. The van der Waals surface area contributed by atoms with E-state index in [0.29, 0.717) is 22.7 Å². The number of nitrogens with zero attached hydrogens (tertiary/aromatic N) is 3. The van der Waals surface area contributed by atoms with Crippen LogP contribution in [0.15, 0.2) is 6.20 Å². The molecule has 2 rings (SSSR count). The van der Waals surface area contributed by atoms with Crippen molar-refractivity contribution in [2.24, 2.45) is 0 Å². The number of carboxylic acids is 1. The number of carbonyl (C=O) groups is 2. The number of thiazole rings is 1. The molecule has 1 amide bonds. The number of aromatic carboxylic acids is 1. The van der Waals surface area contributed by atoms with E-state index < -0.39 is 5.97 Å². The van der Waals surface area contributed by atoms with Gasteiger partial charge in [-0.1, -0.05) is 6.92 Å². The molecule has 0 aliphatic heterocycles. The summed E-state index contributed by atoms with van der Waals surface area (Å²) in [6, 6.07) is -0.382. The molecule has 136 valence electrons. The third-order valence-electron chi connectivity index (χ3n) is 3.81. The molecule has 0 aliphatic carbocycles. The minimum Gasteiger partial charge on any atom is -0.477 e. The van der Waals surface area contributed by atoms with E-state index in [-0.39, 0.29) is 22.4 Å². The van der Waals surface area contributed by atoms with Crippen LogP contribution < -0.4 is 5.32 Å². The second kappa shape index (κ2) is 6.95. The van der Waals surface area contributed by atoms with Gasteiger partial charge >= 0.3 is 5.97 Å². The van der Waals surface area contributed by atoms with Crippen molar-refractivity contribution in [1.82, 2.24) is 20.1 Å². The molecule has 7 nitrogen and oxygen atoms in total. The summed E-state index contributed by atoms with van der Waals surface area (Å²) in [6.07, 6.45) is 2.27. The van der Waals surface area contributed by atoms with Gasteiger partial charge in [-0.3, -0.25) is 9.48 Å². The van der Waals surface area contributed by atoms with Crippen molar-refractivity contribution in [1.29, 1.82) is 0 Å². The van der Waals surface area contributed by atoms with Crippen LogP contribution in [0.4, 0.5) is 0 Å². The zero-order valence-electron chi connectivity index (χ0n) is 15.4. The molecule has 8 heteroatoms. The molecule has 2 aromatic heterocycles. The number of carboxylic acid groups (broad SMARTS) is 1. The summed E-state index contributed by atoms with van der Waals surface area (Å²) in [5.41, 5.74) is 1.66. The summed E-state index contributed by atoms with van der Waals surface area (Å²) < 4.78 is 1.86. The lowest BCUT2D eigenvalue weighted by molar-refractivity contribution is 0.0700. The van der Waals surface area contributed by atoms with Crippen LogP contribution in [-0.2, 0) is 12.0 Å². The van der Waals surface area contributed by atoms with Crippen LogP contribution in [0.25, 0.3) is 0 Å². The Labute approximate surface area is 151 Å². The standard InChI is InChI=1S/C17H24N4O3S/c1-7-12-11(8-18-21(12)17(4,5)6)14(22)19-10(3)15-20-9(2)13(25-15)16(23)24/h8,10H,7H2,1-6H3,(H,19,22)(H,23,24). The SMILES string of the molecule is CCc1c(C(=O)NC(C)c2nc(C)c(C(=O)O)s2)cnn1C(C)(C)C. The molecule has 0 saturated carbocycles. The summed E-state index contributed by atoms with van der Waals surface area (Å²) in [5.74, 6) is -1.23. The molecule has 2 aromatic rings. The Kier molecular flexibility index (Phi) is 5.31. The second-order valence-corrected chi connectivity index (χ2v) is 7.94. The highest BCUT2D eigenvalue weighted by Crippen LogP contribution is 2.25. The lowest BCUT2D eigenvalue weighted by Gasteiger charge is -2.22. The van der Waals surface area contributed by atoms with Gasteiger partial charge in [-0.05, 0) is 41.0 Å². The van der Waals surface area contributed by atoms with Gasteiger partial charge < -0.3 is 10.4 Å². The maximum atomic E-state index is 12.7. The van der Waals surface area contributed by atoms with Crippen LogP contribution in [0.2, 0.25) is 0 Å². The van der Waals surface area contributed by atoms with Gasteiger partial charge in [-0.15, -0.1) is 11.3 Å². The Morgan fingerprint density at radius 1 is 1.40 bits per heavy atom. The van der Waals surface area contributed by atoms with Crippen LogP contribution in [-0.4, -0.2) is 31.7 Å². The summed E-state index contributed by atoms with van der Waals surface area (Å²) in [7, 11) is 0. The molecule has 25 heavy (non-hydrogen) atoms. The highest BCUT2D eigenvalue weighted by atomic mass is 32.1. The number of hydrogen-bond acceptors (Lipinski definition) is 5. The van der Waals surface area contributed by atoms with Crippen molar-refractivity contribution >= 4 is 23.2 Å². The van der Waals surface area contributed by atoms with Crippen LogP contribution in [0, 0.1) is 6.92 Å². The second-order valence-electron chi connectivity index (χ2n) is 6.91. The van der Waals surface area contributed by atoms with Gasteiger partial charge in [0.1, 0.15) is 9.88 Å². The van der Waals surface area contributed by atoms with Crippen LogP contribution in [0.5, 0.6) is 0 Å². The summed E-state index contributed by atoms with van der Waals surface area (Å²) >= 11 is 1.09. The van der Waals surface area contributed by atoms with Crippen LogP contribution in [0.1, 0.15) is 77.1 Å². The Morgan fingerprint density at radius 3 is 2.52 bits per heavy atom. The first-order valence-corrected chi connectivity index (χ1v) is 8.96. The van der Waals surface area contributed by atoms with Gasteiger partial charge in [0.15, 0.2) is 0 Å². The highest BCUT2D eigenvalue weighted by Gasteiger charge is 2.25. The molecule has 1 atom stereocenters. The molecule has 0 fully saturated rings. The molecule has 2 heterocycles. The van der Waals surface area contributed by atoms with E-state index in [4.69, 9.17) is 5.11 Å². The fourth-order valence-corrected chi connectivity index (χ4v) is 3.53. The number of rotatable bonds is 5. The van der Waals surface area contributed by atoms with E-state index in [1.54, 1.807) is 20.0 Å². The van der Waals surface area contributed by atoms with E-state index in [9.17, 15) is 9.59 Å². The van der Waals surface area contributed by atoms with E-state index in [1.807, 2.05) is 32.4 Å². The summed E-state index contributed by atoms with van der Waals surface area (Å²) in [6.45, 7) is 11.5. The van der Waals surface area contributed by atoms with Gasteiger partial charge in [0.25, 0.3) is 5.91 Å². The fraction of sp³-hybridized carbons (Fsp3) is 0.529. The lowest BCUT2D eigenvalue weighted by Crippen LogP contribution is -2.29. The number of hydrogen-bond donors (Lipinski definition) is 2. The van der Waals surface area contributed by atoms with Gasteiger partial charge in [0, 0.05) is 0 Å². The molecule has 0 bridgehead atoms. The third-order valence-corrected chi connectivity index (χ3v) is 5.14. The van der Waals surface area contributed by atoms with Crippen molar-refractivity contribution < 1.29 is 14.7 Å². The first-order valence-electron chi connectivity index (χ1n) is 8.15. The van der Waals surface area contributed by atoms with Gasteiger partial charge in [-0.2, -0.15) is 5.10 Å². The molecule has 2 N–H and O–H groups in total. The van der Waals surface area contributed by atoms with E-state index in [2.05, 4.69) is 15.4 Å². The zero-order valence-corrected chi connectivity index (χ0v) is 16.2. The molecule has 0 aliphatic rings. The predicted molar refractivity (Wildman–Crippen MR) is 96.3 cm³/mol. The van der Waals surface area contributed by atoms with Gasteiger partial charge in [0.05, 0.1) is 34.7 Å². The quantitative estimate of drug-likeness (QED) is 0.849. The Balaban J connectivity index is 2.24. The smallest absolute Gasteiger partial charge is 0.347 e. The molecular formula is C17H24N4O3S. The maximum Gasteiger partial charge on any atom is 0.347 e. The van der Waals surface area contributed by atoms with Crippen molar-refractivity contribution in [2.45, 2.75) is 59.5 Å². The molecule has 0 spiro atoms. The number of amides is 1. The highest BCUT2D eigenvalue weighted by molar-refractivity contribution is 7.13. The molecular weight excluding hydrogens is 340 g/mol. The average Bonchev–Trinajstić information content (AvgIpc) is 3.09. The Hall–Kier alpha value is -2.22. The Morgan fingerprint density at radius 2 is 2.04 bits per heavy atom. The molecule has 0 aromatic carbocycles.